The van der Waals surface area contributed by atoms with E-state index in [-0.39, 0.29) is 10.8 Å². The molecular formula is C24H27N3O4S. The minimum Gasteiger partial charge on any atom is -0.487 e. The molecule has 1 aromatic heterocycles. The lowest BCUT2D eigenvalue weighted by Crippen LogP contribution is -2.40. The highest BCUT2D eigenvalue weighted by Crippen LogP contribution is 2.16. The van der Waals surface area contributed by atoms with E-state index in [0.717, 1.165) is 11.3 Å². The lowest BCUT2D eigenvalue weighted by atomic mass is 10.1. The van der Waals surface area contributed by atoms with Gasteiger partial charge in [-0.15, -0.1) is 0 Å². The highest BCUT2D eigenvalue weighted by Gasteiger charge is 2.22. The number of benzene rings is 2. The molecule has 1 heterocycles. The summed E-state index contributed by atoms with van der Waals surface area (Å²) in [5.74, 6) is 0.390. The van der Waals surface area contributed by atoms with E-state index in [9.17, 15) is 13.2 Å². The van der Waals surface area contributed by atoms with Crippen molar-refractivity contribution in [2.45, 2.75) is 44.4 Å². The highest BCUT2D eigenvalue weighted by atomic mass is 32.2. The lowest BCUT2D eigenvalue weighted by molar-refractivity contribution is 0.0950. The fourth-order valence-corrected chi connectivity index (χ4v) is 4.34. The van der Waals surface area contributed by atoms with Crippen LogP contribution in [0.2, 0.25) is 0 Å². The number of carbonyl (C=O) groups is 1. The molecule has 0 spiro atoms. The molecule has 0 radical (unpaired) electrons. The van der Waals surface area contributed by atoms with Crippen LogP contribution >= 0.6 is 0 Å². The third-order valence-electron chi connectivity index (χ3n) is 4.33. The summed E-state index contributed by atoms with van der Waals surface area (Å²) in [4.78, 5) is 16.8. The zero-order chi connectivity index (χ0) is 23.2. The first-order chi connectivity index (χ1) is 15.1. The van der Waals surface area contributed by atoms with Gasteiger partial charge in [0.1, 0.15) is 12.4 Å². The first-order valence-electron chi connectivity index (χ1n) is 10.2. The summed E-state index contributed by atoms with van der Waals surface area (Å²) in [7, 11) is -3.65. The molecule has 0 aliphatic rings. The molecule has 32 heavy (non-hydrogen) atoms. The molecule has 0 aliphatic carbocycles. The Morgan fingerprint density at radius 1 is 1.00 bits per heavy atom. The third kappa shape index (κ3) is 6.90. The Hall–Kier alpha value is -3.23. The normalized spacial score (nSPS) is 11.7. The molecule has 0 bridgehead atoms. The third-order valence-corrected chi connectivity index (χ3v) is 6.11. The average molecular weight is 454 g/mol. The molecule has 2 N–H and O–H groups in total. The van der Waals surface area contributed by atoms with E-state index in [4.69, 9.17) is 4.74 Å². The summed E-state index contributed by atoms with van der Waals surface area (Å²) in [5.41, 5.74) is 1.49. The summed E-state index contributed by atoms with van der Waals surface area (Å²) >= 11 is 0. The number of hydrogen-bond acceptors (Lipinski definition) is 5. The summed E-state index contributed by atoms with van der Waals surface area (Å²) in [5, 5.41) is 2.84. The summed E-state index contributed by atoms with van der Waals surface area (Å²) < 4.78 is 33.1. The van der Waals surface area contributed by atoms with Crippen LogP contribution in [0, 0.1) is 0 Å². The standard InChI is InChI=1S/C24H27N3O4S/c1-24(2,3)27-32(29,30)22-12-10-19(11-13-22)23(28)26-16-18-7-6-9-21(15-18)31-17-20-8-4-5-14-25-20/h4-15,27H,16-17H2,1-3H3,(H,26,28). The van der Waals surface area contributed by atoms with E-state index >= 15 is 0 Å². The van der Waals surface area contributed by atoms with E-state index < -0.39 is 15.6 Å². The maximum Gasteiger partial charge on any atom is 0.251 e. The van der Waals surface area contributed by atoms with Crippen LogP contribution in [-0.4, -0.2) is 24.8 Å². The van der Waals surface area contributed by atoms with Gasteiger partial charge in [-0.2, -0.15) is 0 Å². The molecule has 168 valence electrons. The number of carbonyl (C=O) groups excluding carboxylic acids is 1. The van der Waals surface area contributed by atoms with Crippen molar-refractivity contribution in [3.63, 3.8) is 0 Å². The number of hydrogen-bond donors (Lipinski definition) is 2. The second-order valence-corrected chi connectivity index (χ2v) is 10.0. The molecule has 0 saturated heterocycles. The van der Waals surface area contributed by atoms with Gasteiger partial charge in [0, 0.05) is 23.8 Å². The van der Waals surface area contributed by atoms with Crippen molar-refractivity contribution < 1.29 is 17.9 Å². The van der Waals surface area contributed by atoms with Crippen molar-refractivity contribution in [1.82, 2.24) is 15.0 Å². The van der Waals surface area contributed by atoms with Gasteiger partial charge < -0.3 is 10.1 Å². The Balaban J connectivity index is 1.57. The van der Waals surface area contributed by atoms with Crippen LogP contribution in [0.25, 0.3) is 0 Å². The number of nitrogens with one attached hydrogen (secondary N) is 2. The number of rotatable bonds is 8. The van der Waals surface area contributed by atoms with Gasteiger partial charge in [0.15, 0.2) is 0 Å². The fraction of sp³-hybridized carbons (Fsp3) is 0.250. The van der Waals surface area contributed by atoms with Gasteiger partial charge >= 0.3 is 0 Å². The van der Waals surface area contributed by atoms with Gasteiger partial charge in [0.2, 0.25) is 10.0 Å². The fourth-order valence-electron chi connectivity index (χ4n) is 2.92. The second-order valence-electron chi connectivity index (χ2n) is 8.32. The summed E-state index contributed by atoms with van der Waals surface area (Å²) in [6.07, 6.45) is 1.72. The van der Waals surface area contributed by atoms with Crippen molar-refractivity contribution >= 4 is 15.9 Å². The van der Waals surface area contributed by atoms with Gasteiger partial charge in [-0.25, -0.2) is 13.1 Å². The molecule has 7 nitrogen and oxygen atoms in total. The van der Waals surface area contributed by atoms with E-state index in [2.05, 4.69) is 15.0 Å². The zero-order valence-electron chi connectivity index (χ0n) is 18.3. The van der Waals surface area contributed by atoms with Crippen LogP contribution in [-0.2, 0) is 23.2 Å². The first-order valence-corrected chi connectivity index (χ1v) is 11.6. The molecule has 3 aromatic rings. The lowest BCUT2D eigenvalue weighted by Gasteiger charge is -2.20. The molecule has 0 aliphatic heterocycles. The van der Waals surface area contributed by atoms with E-state index in [0.29, 0.717) is 24.5 Å². The molecule has 0 fully saturated rings. The predicted octanol–water partition coefficient (Wildman–Crippen LogP) is 3.67. The van der Waals surface area contributed by atoms with E-state index in [1.54, 1.807) is 27.0 Å². The molecule has 0 atom stereocenters. The van der Waals surface area contributed by atoms with Gasteiger partial charge in [-0.1, -0.05) is 18.2 Å². The summed E-state index contributed by atoms with van der Waals surface area (Å²) in [6, 6.07) is 18.9. The highest BCUT2D eigenvalue weighted by molar-refractivity contribution is 7.89. The molecule has 8 heteroatoms. The zero-order valence-corrected chi connectivity index (χ0v) is 19.1. The van der Waals surface area contributed by atoms with Crippen LogP contribution in [0.4, 0.5) is 0 Å². The first kappa shape index (κ1) is 23.4. The molecule has 1 amide bonds. The van der Waals surface area contributed by atoms with Crippen molar-refractivity contribution in [3.05, 3.63) is 89.7 Å². The monoisotopic (exact) mass is 453 g/mol. The van der Waals surface area contributed by atoms with E-state index in [1.165, 1.54) is 24.3 Å². The molecule has 0 saturated carbocycles. The van der Waals surface area contributed by atoms with Crippen molar-refractivity contribution in [2.75, 3.05) is 0 Å². The minimum atomic E-state index is -3.65. The number of aromatic nitrogens is 1. The van der Waals surface area contributed by atoms with Crippen molar-refractivity contribution in [2.24, 2.45) is 0 Å². The van der Waals surface area contributed by atoms with Crippen LogP contribution in [0.1, 0.15) is 42.4 Å². The van der Waals surface area contributed by atoms with Crippen LogP contribution in [0.5, 0.6) is 5.75 Å². The Bertz CT molecular complexity index is 1160. The van der Waals surface area contributed by atoms with Crippen LogP contribution < -0.4 is 14.8 Å². The van der Waals surface area contributed by atoms with Gasteiger partial charge in [-0.3, -0.25) is 9.78 Å². The molecular weight excluding hydrogens is 426 g/mol. The quantitative estimate of drug-likeness (QED) is 0.542. The maximum atomic E-state index is 12.5. The van der Waals surface area contributed by atoms with Crippen molar-refractivity contribution in [3.8, 4) is 5.75 Å². The number of pyridine rings is 1. The van der Waals surface area contributed by atoms with Gasteiger partial charge in [0.25, 0.3) is 5.91 Å². The number of ether oxygens (including phenoxy) is 1. The van der Waals surface area contributed by atoms with E-state index in [1.807, 2.05) is 42.5 Å². The SMILES string of the molecule is CC(C)(C)NS(=O)(=O)c1ccc(C(=O)NCc2cccc(OCc3ccccn3)c2)cc1. The molecule has 0 unspecified atom stereocenters. The van der Waals surface area contributed by atoms with Gasteiger partial charge in [0.05, 0.1) is 10.6 Å². The Labute approximate surface area is 188 Å². The van der Waals surface area contributed by atoms with Gasteiger partial charge in [-0.05, 0) is 74.9 Å². The number of sulfonamides is 1. The Kier molecular flexibility index (Phi) is 7.27. The van der Waals surface area contributed by atoms with Crippen molar-refractivity contribution in [1.29, 1.82) is 0 Å². The Morgan fingerprint density at radius 3 is 2.41 bits per heavy atom. The largest absolute Gasteiger partial charge is 0.487 e. The van der Waals surface area contributed by atoms with Crippen LogP contribution in [0.3, 0.4) is 0 Å². The topological polar surface area (TPSA) is 97.4 Å². The number of amides is 1. The minimum absolute atomic E-state index is 0.113. The average Bonchev–Trinajstić information content (AvgIpc) is 2.75. The summed E-state index contributed by atoms with van der Waals surface area (Å²) in [6.45, 7) is 5.97. The van der Waals surface area contributed by atoms with Crippen LogP contribution in [0.15, 0.2) is 77.8 Å². The number of nitrogens with zero attached hydrogens (tertiary/aromatic N) is 1. The Morgan fingerprint density at radius 2 is 1.75 bits per heavy atom. The molecule has 3 rings (SSSR count). The smallest absolute Gasteiger partial charge is 0.251 e. The second kappa shape index (κ2) is 9.93. The predicted molar refractivity (Wildman–Crippen MR) is 123 cm³/mol. The molecule has 2 aromatic carbocycles. The maximum absolute atomic E-state index is 12.5.